The fraction of sp³-hybridized carbons (Fsp3) is 0.346. The monoisotopic (exact) mass is 458 g/mol. The third kappa shape index (κ3) is 4.17. The highest BCUT2D eigenvalue weighted by Crippen LogP contribution is 2.44. The van der Waals surface area contributed by atoms with Crippen LogP contribution in [0, 0.1) is 19.3 Å². The number of anilines is 1. The maximum atomic E-state index is 13.6. The van der Waals surface area contributed by atoms with E-state index in [2.05, 4.69) is 31.7 Å². The van der Waals surface area contributed by atoms with Crippen LogP contribution >= 0.6 is 0 Å². The number of carbonyl (C=O) groups excluding carboxylic acids is 1. The number of amides is 1. The molecule has 4 rings (SSSR count). The van der Waals surface area contributed by atoms with Crippen molar-refractivity contribution in [3.8, 4) is 0 Å². The predicted molar refractivity (Wildman–Crippen MR) is 131 cm³/mol. The lowest BCUT2D eigenvalue weighted by molar-refractivity contribution is -0.124. The van der Waals surface area contributed by atoms with E-state index in [1.807, 2.05) is 63.6 Å². The highest BCUT2D eigenvalue weighted by molar-refractivity contribution is 5.96. The van der Waals surface area contributed by atoms with Crippen LogP contribution in [0.2, 0.25) is 0 Å². The summed E-state index contributed by atoms with van der Waals surface area (Å²) in [6.07, 6.45) is 4.58. The topological polar surface area (TPSA) is 106 Å². The van der Waals surface area contributed by atoms with Gasteiger partial charge in [-0.25, -0.2) is 14.6 Å². The first-order chi connectivity index (χ1) is 16.3. The van der Waals surface area contributed by atoms with Crippen molar-refractivity contribution in [2.75, 3.05) is 5.32 Å². The number of rotatable bonds is 7. The summed E-state index contributed by atoms with van der Waals surface area (Å²) in [7, 11) is 0. The molecule has 176 valence electrons. The molecule has 34 heavy (non-hydrogen) atoms. The third-order valence-electron chi connectivity index (χ3n) is 6.60. The number of hydrogen-bond acceptors (Lipinski definition) is 6. The Bertz CT molecular complexity index is 1330. The molecule has 8 heteroatoms. The first-order valence-corrected chi connectivity index (χ1v) is 11.4. The number of benzene rings is 2. The van der Waals surface area contributed by atoms with Crippen LogP contribution in [0.1, 0.15) is 54.5 Å². The molecule has 2 heterocycles. The molecule has 2 aromatic heterocycles. The third-order valence-corrected chi connectivity index (χ3v) is 6.60. The van der Waals surface area contributed by atoms with Crippen LogP contribution in [0.15, 0.2) is 49.1 Å². The number of nitrogens with zero attached hydrogens (tertiary/aromatic N) is 5. The number of aliphatic hydroxyl groups excluding tert-OH is 1. The summed E-state index contributed by atoms with van der Waals surface area (Å²) in [4.78, 5) is 21.6. The van der Waals surface area contributed by atoms with Gasteiger partial charge in [-0.2, -0.15) is 0 Å². The Balaban J connectivity index is 1.88. The van der Waals surface area contributed by atoms with Crippen molar-refractivity contribution in [2.45, 2.75) is 53.7 Å². The zero-order valence-electron chi connectivity index (χ0n) is 20.2. The number of aryl methyl sites for hydroxylation is 3. The average Bonchev–Trinajstić information content (AvgIpc) is 3.26. The van der Waals surface area contributed by atoms with Crippen molar-refractivity contribution in [3.63, 3.8) is 0 Å². The van der Waals surface area contributed by atoms with E-state index in [0.717, 1.165) is 45.4 Å². The van der Waals surface area contributed by atoms with E-state index in [1.54, 1.807) is 12.4 Å². The Morgan fingerprint density at radius 1 is 1.15 bits per heavy atom. The number of nitrogens with one attached hydrogen (secondary N) is 1. The largest absolute Gasteiger partial charge is 0.392 e. The minimum atomic E-state index is -0.864. The van der Waals surface area contributed by atoms with Crippen LogP contribution in [0.25, 0.3) is 11.0 Å². The van der Waals surface area contributed by atoms with Gasteiger partial charge >= 0.3 is 0 Å². The van der Waals surface area contributed by atoms with Crippen molar-refractivity contribution in [1.29, 1.82) is 0 Å². The second kappa shape index (κ2) is 9.30. The molecule has 0 aliphatic heterocycles. The maximum absolute atomic E-state index is 13.6. The Labute approximate surface area is 199 Å². The van der Waals surface area contributed by atoms with E-state index in [0.29, 0.717) is 5.69 Å². The summed E-state index contributed by atoms with van der Waals surface area (Å²) in [6.45, 7) is 10.6. The van der Waals surface area contributed by atoms with E-state index in [9.17, 15) is 9.90 Å². The van der Waals surface area contributed by atoms with Crippen LogP contribution in [0.5, 0.6) is 0 Å². The Morgan fingerprint density at radius 3 is 2.56 bits per heavy atom. The zero-order valence-corrected chi connectivity index (χ0v) is 20.2. The van der Waals surface area contributed by atoms with Gasteiger partial charge in [0.05, 0.1) is 35.6 Å². The molecule has 2 N–H and O–H groups in total. The number of carbonyl (C=O) groups is 1. The highest BCUT2D eigenvalue weighted by atomic mass is 16.3. The molecule has 0 spiro atoms. The molecule has 0 aliphatic carbocycles. The summed E-state index contributed by atoms with van der Waals surface area (Å²) in [5.74, 6) is -0.464. The molecular weight excluding hydrogens is 428 g/mol. The molecule has 1 atom stereocenters. The number of aromatic nitrogens is 5. The molecule has 0 saturated carbocycles. The molecule has 4 aromatic rings. The molecule has 1 amide bonds. The SMILES string of the molecule is CCn1nnc2c(C)c([C@H](c3ccc(C)c(CO)c3)C(C)(C)C(=O)Nc3cncnc3)ccc21. The first kappa shape index (κ1) is 23.5. The minimum absolute atomic E-state index is 0.0663. The van der Waals surface area contributed by atoms with Crippen LogP contribution in [-0.2, 0) is 17.9 Å². The average molecular weight is 459 g/mol. The summed E-state index contributed by atoms with van der Waals surface area (Å²) in [6, 6.07) is 10.1. The molecule has 8 nitrogen and oxygen atoms in total. The van der Waals surface area contributed by atoms with Crippen molar-refractivity contribution in [3.05, 3.63) is 76.9 Å². The Hall–Kier alpha value is -3.65. The highest BCUT2D eigenvalue weighted by Gasteiger charge is 2.40. The number of aliphatic hydroxyl groups is 1. The molecule has 0 fully saturated rings. The molecule has 0 bridgehead atoms. The van der Waals surface area contributed by atoms with Gasteiger partial charge in [0.15, 0.2) is 0 Å². The van der Waals surface area contributed by atoms with E-state index in [-0.39, 0.29) is 18.4 Å². The van der Waals surface area contributed by atoms with E-state index in [4.69, 9.17) is 0 Å². The smallest absolute Gasteiger partial charge is 0.231 e. The quantitative estimate of drug-likeness (QED) is 0.431. The van der Waals surface area contributed by atoms with Crippen molar-refractivity contribution < 1.29 is 9.90 Å². The first-order valence-electron chi connectivity index (χ1n) is 11.4. The van der Waals surface area contributed by atoms with E-state index < -0.39 is 5.41 Å². The Kier molecular flexibility index (Phi) is 6.43. The van der Waals surface area contributed by atoms with Crippen molar-refractivity contribution >= 4 is 22.6 Å². The van der Waals surface area contributed by atoms with Gasteiger partial charge in [0.1, 0.15) is 11.8 Å². The summed E-state index contributed by atoms with van der Waals surface area (Å²) < 4.78 is 1.87. The van der Waals surface area contributed by atoms with Gasteiger partial charge in [-0.15, -0.1) is 5.10 Å². The fourth-order valence-electron chi connectivity index (χ4n) is 4.54. The summed E-state index contributed by atoms with van der Waals surface area (Å²) >= 11 is 0. The van der Waals surface area contributed by atoms with Crippen LogP contribution in [0.4, 0.5) is 5.69 Å². The van der Waals surface area contributed by atoms with Crippen LogP contribution in [-0.4, -0.2) is 36.0 Å². The fourth-order valence-corrected chi connectivity index (χ4v) is 4.54. The van der Waals surface area contributed by atoms with Gasteiger partial charge in [0, 0.05) is 12.5 Å². The summed E-state index contributed by atoms with van der Waals surface area (Å²) in [5.41, 5.74) is 6.24. The molecule has 0 unspecified atom stereocenters. The van der Waals surface area contributed by atoms with Gasteiger partial charge in [-0.1, -0.05) is 43.3 Å². The molecular formula is C26H30N6O2. The molecule has 0 aliphatic rings. The zero-order chi connectivity index (χ0) is 24.5. The van der Waals surface area contributed by atoms with Gasteiger partial charge in [0.2, 0.25) is 5.91 Å². The predicted octanol–water partition coefficient (Wildman–Crippen LogP) is 4.15. The molecule has 0 saturated heterocycles. The molecule has 0 radical (unpaired) electrons. The standard InChI is InChI=1S/C26H30N6O2/c1-6-32-22-10-9-21(17(3)24(22)30-31-32)23(18-8-7-16(2)19(11-18)14-33)26(4,5)25(34)29-20-12-27-15-28-13-20/h7-13,15,23,33H,6,14H2,1-5H3,(H,29,34)/t23-/m0/s1. The normalized spacial score (nSPS) is 12.6. The van der Waals surface area contributed by atoms with Gasteiger partial charge in [-0.3, -0.25) is 4.79 Å². The Morgan fingerprint density at radius 2 is 1.88 bits per heavy atom. The lowest BCUT2D eigenvalue weighted by Gasteiger charge is -2.35. The van der Waals surface area contributed by atoms with E-state index in [1.165, 1.54) is 6.33 Å². The van der Waals surface area contributed by atoms with Gasteiger partial charge in [0.25, 0.3) is 0 Å². The second-order valence-electron chi connectivity index (χ2n) is 9.13. The van der Waals surface area contributed by atoms with E-state index >= 15 is 0 Å². The summed E-state index contributed by atoms with van der Waals surface area (Å²) in [5, 5.41) is 21.6. The maximum Gasteiger partial charge on any atom is 0.231 e. The van der Waals surface area contributed by atoms with Crippen LogP contribution < -0.4 is 5.32 Å². The van der Waals surface area contributed by atoms with Gasteiger partial charge < -0.3 is 10.4 Å². The van der Waals surface area contributed by atoms with Gasteiger partial charge in [-0.05, 0) is 54.7 Å². The van der Waals surface area contributed by atoms with Crippen molar-refractivity contribution in [1.82, 2.24) is 25.0 Å². The minimum Gasteiger partial charge on any atom is -0.392 e. The second-order valence-corrected chi connectivity index (χ2v) is 9.13. The lowest BCUT2D eigenvalue weighted by Crippen LogP contribution is -2.37. The lowest BCUT2D eigenvalue weighted by atomic mass is 9.69. The van der Waals surface area contributed by atoms with Crippen molar-refractivity contribution in [2.24, 2.45) is 5.41 Å². The van der Waals surface area contributed by atoms with Crippen LogP contribution in [0.3, 0.4) is 0 Å². The number of fused-ring (bicyclic) bond motifs is 1. The molecule has 2 aromatic carbocycles. The number of hydrogen-bond donors (Lipinski definition) is 2.